The van der Waals surface area contributed by atoms with Crippen LogP contribution >= 0.6 is 0 Å². The minimum Gasteiger partial charge on any atom is -0.498 e. The third-order valence-electron chi connectivity index (χ3n) is 3.77. The van der Waals surface area contributed by atoms with Crippen molar-refractivity contribution in [3.05, 3.63) is 36.9 Å². The standard InChI is InChI=1S/C10H16N5O2.C8H13N4O.CH4.2Y/c1-3-15-7-9(12-13-15)6-11-10(17)4-5-14(2)8-16;1-3-12-6-8(9-10-12)4-5-11(2)7-13;;;/h5,7-8H,3-4,6H2,1-2H3,(H,11,17);5-7H,3-4H2,1-2H3;1H4;;/q2*-1;;;. The molecule has 0 fully saturated rings. The number of likely N-dealkylation sites (N-methyl/N-ethyl adjacent to an activating group) is 1. The summed E-state index contributed by atoms with van der Waals surface area (Å²) < 4.78 is 3.44. The van der Waals surface area contributed by atoms with Crippen molar-refractivity contribution in [2.45, 2.75) is 53.8 Å². The quantitative estimate of drug-likeness (QED) is 0.269. The van der Waals surface area contributed by atoms with Gasteiger partial charge < -0.3 is 15.1 Å². The number of nitrogens with zero attached hydrogens (tertiary/aromatic N) is 8. The number of rotatable bonds is 12. The Morgan fingerprint density at radius 3 is 1.94 bits per heavy atom. The van der Waals surface area contributed by atoms with Gasteiger partial charge in [-0.15, -0.1) is 16.6 Å². The van der Waals surface area contributed by atoms with Crippen LogP contribution in [0.25, 0.3) is 0 Å². The fourth-order valence-corrected chi connectivity index (χ4v) is 1.97. The summed E-state index contributed by atoms with van der Waals surface area (Å²) in [7, 11) is 3.27. The molecule has 0 atom stereocenters. The molecular formula is C19H33N9O3Y2-2. The van der Waals surface area contributed by atoms with Gasteiger partial charge in [0.25, 0.3) is 0 Å². The van der Waals surface area contributed by atoms with Crippen LogP contribution < -0.4 is 5.32 Å². The molecule has 0 bridgehead atoms. The van der Waals surface area contributed by atoms with E-state index in [4.69, 9.17) is 0 Å². The molecule has 180 valence electrons. The second kappa shape index (κ2) is 21.4. The first kappa shape index (κ1) is 36.5. The normalized spacial score (nSPS) is 9.09. The van der Waals surface area contributed by atoms with Crippen molar-refractivity contribution in [3.63, 3.8) is 0 Å². The van der Waals surface area contributed by atoms with Gasteiger partial charge in [0.1, 0.15) is 5.69 Å². The summed E-state index contributed by atoms with van der Waals surface area (Å²) in [5.41, 5.74) is 1.58. The summed E-state index contributed by atoms with van der Waals surface area (Å²) >= 11 is 0. The van der Waals surface area contributed by atoms with E-state index in [2.05, 4.69) is 25.9 Å². The van der Waals surface area contributed by atoms with Crippen molar-refractivity contribution in [1.29, 1.82) is 0 Å². The van der Waals surface area contributed by atoms with E-state index in [-0.39, 0.29) is 85.2 Å². The molecule has 0 saturated heterocycles. The van der Waals surface area contributed by atoms with Gasteiger partial charge in [-0.3, -0.25) is 23.7 Å². The number of carbonyl (C=O) groups is 3. The first-order chi connectivity index (χ1) is 14.4. The molecule has 2 radical (unpaired) electrons. The second-order valence-electron chi connectivity index (χ2n) is 6.22. The van der Waals surface area contributed by atoms with Crippen LogP contribution in [-0.2, 0) is 106 Å². The van der Waals surface area contributed by atoms with E-state index in [9.17, 15) is 14.4 Å². The zero-order chi connectivity index (χ0) is 22.4. The molecule has 0 aliphatic carbocycles. The van der Waals surface area contributed by atoms with Gasteiger partial charge in [-0.2, -0.15) is 0 Å². The first-order valence-electron chi connectivity index (χ1n) is 9.47. The molecule has 0 aliphatic heterocycles. The Morgan fingerprint density at radius 1 is 0.970 bits per heavy atom. The summed E-state index contributed by atoms with van der Waals surface area (Å²) in [5, 5.41) is 18.2. The van der Waals surface area contributed by atoms with Crippen molar-refractivity contribution >= 4 is 18.7 Å². The molecular weight excluding hydrogens is 580 g/mol. The Bertz CT molecular complexity index is 786. The van der Waals surface area contributed by atoms with Gasteiger partial charge in [0.05, 0.1) is 18.4 Å². The van der Waals surface area contributed by atoms with Gasteiger partial charge in [0, 0.05) is 84.7 Å². The average Bonchev–Trinajstić information content (AvgIpc) is 3.43. The topological polar surface area (TPSA) is 131 Å². The fraction of sp³-hybridized carbons (Fsp3) is 0.526. The largest absolute Gasteiger partial charge is 0.498 e. The minimum atomic E-state index is -0.162. The van der Waals surface area contributed by atoms with Crippen molar-refractivity contribution < 1.29 is 79.8 Å². The molecule has 0 unspecified atom stereocenters. The SMILES string of the molecule is C.CCn1cc(CNC(=O)C[CH-]N(C)C=O)nn1.CCn1cc(C[CH-]N(C)C=O)nn1.[Y].[Y]. The molecule has 2 aromatic heterocycles. The third kappa shape index (κ3) is 16.2. The summed E-state index contributed by atoms with van der Waals surface area (Å²) in [6, 6.07) is 0. The van der Waals surface area contributed by atoms with Crippen LogP contribution in [0.4, 0.5) is 0 Å². The van der Waals surface area contributed by atoms with E-state index in [1.807, 2.05) is 20.0 Å². The number of nitrogens with one attached hydrogen (secondary N) is 1. The van der Waals surface area contributed by atoms with Gasteiger partial charge in [0.15, 0.2) is 18.7 Å². The molecule has 2 aromatic rings. The van der Waals surface area contributed by atoms with Crippen LogP contribution in [0.15, 0.2) is 12.4 Å². The predicted molar refractivity (Wildman–Crippen MR) is 115 cm³/mol. The van der Waals surface area contributed by atoms with Gasteiger partial charge in [-0.1, -0.05) is 24.3 Å². The van der Waals surface area contributed by atoms with E-state index in [0.29, 0.717) is 25.1 Å². The number of aromatic nitrogens is 6. The van der Waals surface area contributed by atoms with Crippen LogP contribution in [0.2, 0.25) is 0 Å². The van der Waals surface area contributed by atoms with Gasteiger partial charge in [-0.25, -0.2) is 13.1 Å². The molecule has 0 aromatic carbocycles. The monoisotopic (exact) mass is 613 g/mol. The van der Waals surface area contributed by atoms with Crippen LogP contribution in [0.3, 0.4) is 0 Å². The van der Waals surface area contributed by atoms with Crippen LogP contribution in [0, 0.1) is 13.1 Å². The smallest absolute Gasteiger partial charge is 0.191 e. The first-order valence-corrected chi connectivity index (χ1v) is 9.47. The fourth-order valence-electron chi connectivity index (χ4n) is 1.97. The van der Waals surface area contributed by atoms with Crippen molar-refractivity contribution in [1.82, 2.24) is 45.1 Å². The van der Waals surface area contributed by atoms with E-state index in [0.717, 1.165) is 25.2 Å². The van der Waals surface area contributed by atoms with Gasteiger partial charge in [-0.05, 0) is 27.9 Å². The number of carbonyl (C=O) groups excluding carboxylic acids is 3. The average molecular weight is 613 g/mol. The summed E-state index contributed by atoms with van der Waals surface area (Å²) in [6.45, 7) is 9.13. The van der Waals surface area contributed by atoms with Crippen LogP contribution in [0.5, 0.6) is 0 Å². The van der Waals surface area contributed by atoms with E-state index in [1.54, 1.807) is 36.2 Å². The van der Waals surface area contributed by atoms with Crippen molar-refractivity contribution in [3.8, 4) is 0 Å². The molecule has 3 amide bonds. The zero-order valence-electron chi connectivity index (χ0n) is 19.0. The van der Waals surface area contributed by atoms with Crippen molar-refractivity contribution in [2.24, 2.45) is 0 Å². The third-order valence-corrected chi connectivity index (χ3v) is 3.77. The van der Waals surface area contributed by atoms with Gasteiger partial charge >= 0.3 is 0 Å². The van der Waals surface area contributed by atoms with Crippen LogP contribution in [0.1, 0.15) is 39.1 Å². The predicted octanol–water partition coefficient (Wildman–Crippen LogP) is 0.276. The van der Waals surface area contributed by atoms with E-state index < -0.39 is 0 Å². The Kier molecular flexibility index (Phi) is 23.7. The summed E-state index contributed by atoms with van der Waals surface area (Å²) in [5.74, 6) is -0.162. The molecule has 33 heavy (non-hydrogen) atoms. The Labute approximate surface area is 246 Å². The minimum absolute atomic E-state index is 0. The zero-order valence-corrected chi connectivity index (χ0v) is 24.6. The Balaban J connectivity index is -0.000000514. The maximum atomic E-state index is 11.4. The molecule has 2 rings (SSSR count). The second-order valence-corrected chi connectivity index (χ2v) is 6.22. The molecule has 2 heterocycles. The maximum absolute atomic E-state index is 11.4. The molecule has 0 aliphatic rings. The molecule has 12 nitrogen and oxygen atoms in total. The van der Waals surface area contributed by atoms with Gasteiger partial charge in [0.2, 0.25) is 0 Å². The number of amides is 3. The Morgan fingerprint density at radius 2 is 1.45 bits per heavy atom. The summed E-state index contributed by atoms with van der Waals surface area (Å²) in [4.78, 5) is 34.7. The number of hydrogen-bond donors (Lipinski definition) is 1. The molecule has 0 spiro atoms. The van der Waals surface area contributed by atoms with E-state index >= 15 is 0 Å². The number of hydrogen-bond acceptors (Lipinski definition) is 7. The van der Waals surface area contributed by atoms with Crippen LogP contribution in [-0.4, -0.2) is 72.6 Å². The molecule has 1 N–H and O–H groups in total. The Hall–Kier alpha value is -1.10. The molecule has 0 saturated carbocycles. The number of aryl methyl sites for hydroxylation is 2. The van der Waals surface area contributed by atoms with Crippen molar-refractivity contribution in [2.75, 3.05) is 14.1 Å². The maximum Gasteiger partial charge on any atom is 0.191 e. The summed E-state index contributed by atoms with van der Waals surface area (Å²) in [6.07, 6.45) is 5.84. The van der Waals surface area contributed by atoms with E-state index in [1.165, 1.54) is 16.3 Å². The molecule has 14 heteroatoms.